The molecule has 3 rings (SSSR count). The molecule has 1 atom stereocenters. The third kappa shape index (κ3) is 2.67. The van der Waals surface area contributed by atoms with Crippen molar-refractivity contribution in [3.05, 3.63) is 59.1 Å². The summed E-state index contributed by atoms with van der Waals surface area (Å²) in [5.74, 6) is -0.672. The van der Waals surface area contributed by atoms with Crippen molar-refractivity contribution in [2.75, 3.05) is 4.31 Å². The molecule has 2 aromatic rings. The minimum absolute atomic E-state index is 0.0737. The van der Waals surface area contributed by atoms with Crippen LogP contribution in [0, 0.1) is 0 Å². The number of fused-ring (bicyclic) bond motifs is 1. The minimum Gasteiger partial charge on any atom is -0.289 e. The Balaban J connectivity index is 2.19. The summed E-state index contributed by atoms with van der Waals surface area (Å²) >= 11 is 5.92. The second-order valence-electron chi connectivity index (χ2n) is 5.07. The molecule has 23 heavy (non-hydrogen) atoms. The largest absolute Gasteiger partial charge is 0.289 e. The zero-order valence-corrected chi connectivity index (χ0v) is 13.4. The summed E-state index contributed by atoms with van der Waals surface area (Å²) in [6.45, 7) is 0. The number of hydrogen-bond donors (Lipinski definition) is 2. The van der Waals surface area contributed by atoms with Gasteiger partial charge in [0.15, 0.2) is 0 Å². The van der Waals surface area contributed by atoms with Crippen molar-refractivity contribution in [3.8, 4) is 0 Å². The van der Waals surface area contributed by atoms with E-state index in [1.165, 1.54) is 10.4 Å². The van der Waals surface area contributed by atoms with Gasteiger partial charge in [0.05, 0.1) is 23.0 Å². The predicted molar refractivity (Wildman–Crippen MR) is 84.8 cm³/mol. The molecule has 0 radical (unpaired) electrons. The number of nitrogens with zero attached hydrogens (tertiary/aromatic N) is 1. The minimum atomic E-state index is -3.84. The molecular weight excluding hydrogens is 340 g/mol. The second kappa shape index (κ2) is 5.84. The molecule has 6 nitrogen and oxygen atoms in total. The van der Waals surface area contributed by atoms with Crippen LogP contribution in [0.4, 0.5) is 5.69 Å². The Hall–Kier alpha value is -2.09. The number of anilines is 1. The Morgan fingerprint density at radius 1 is 1.22 bits per heavy atom. The SMILES string of the molecule is O=C(CC1c2ccc(Cl)cc2S(=O)(=O)N1c1ccccc1)NO. The summed E-state index contributed by atoms with van der Waals surface area (Å²) in [7, 11) is -3.84. The van der Waals surface area contributed by atoms with Gasteiger partial charge in [0, 0.05) is 5.02 Å². The van der Waals surface area contributed by atoms with Gasteiger partial charge >= 0.3 is 0 Å². The fraction of sp³-hybridized carbons (Fsp3) is 0.133. The normalized spacial score (nSPS) is 18.5. The number of carbonyl (C=O) groups excluding carboxylic acids is 1. The molecule has 120 valence electrons. The van der Waals surface area contributed by atoms with Crippen molar-refractivity contribution < 1.29 is 18.4 Å². The van der Waals surface area contributed by atoms with E-state index in [0.717, 1.165) is 0 Å². The first-order valence-corrected chi connectivity index (χ1v) is 8.59. The van der Waals surface area contributed by atoms with Gasteiger partial charge in [-0.15, -0.1) is 0 Å². The summed E-state index contributed by atoms with van der Waals surface area (Å²) in [5, 5.41) is 9.08. The van der Waals surface area contributed by atoms with Gasteiger partial charge in [0.1, 0.15) is 0 Å². The predicted octanol–water partition coefficient (Wildman–Crippen LogP) is 2.49. The van der Waals surface area contributed by atoms with Crippen LogP contribution >= 0.6 is 11.6 Å². The molecule has 0 saturated carbocycles. The van der Waals surface area contributed by atoms with Gasteiger partial charge in [-0.25, -0.2) is 13.9 Å². The van der Waals surface area contributed by atoms with Crippen molar-refractivity contribution in [2.45, 2.75) is 17.4 Å². The van der Waals surface area contributed by atoms with Crippen LogP contribution in [0.25, 0.3) is 0 Å². The van der Waals surface area contributed by atoms with Crippen LogP contribution in [0.3, 0.4) is 0 Å². The molecule has 1 aliphatic rings. The number of benzene rings is 2. The summed E-state index contributed by atoms with van der Waals surface area (Å²) in [4.78, 5) is 11.7. The number of sulfonamides is 1. The van der Waals surface area contributed by atoms with Crippen LogP contribution in [0.5, 0.6) is 0 Å². The zero-order valence-electron chi connectivity index (χ0n) is 11.8. The van der Waals surface area contributed by atoms with Crippen molar-refractivity contribution >= 4 is 33.2 Å². The number of nitrogens with one attached hydrogen (secondary N) is 1. The first-order valence-electron chi connectivity index (χ1n) is 6.77. The van der Waals surface area contributed by atoms with Crippen LogP contribution in [0.15, 0.2) is 53.4 Å². The Bertz CT molecular complexity index is 855. The van der Waals surface area contributed by atoms with E-state index in [9.17, 15) is 13.2 Å². The highest BCUT2D eigenvalue weighted by Crippen LogP contribution is 2.45. The lowest BCUT2D eigenvalue weighted by Crippen LogP contribution is -2.32. The van der Waals surface area contributed by atoms with E-state index in [4.69, 9.17) is 16.8 Å². The molecule has 2 N–H and O–H groups in total. The summed E-state index contributed by atoms with van der Waals surface area (Å²) in [5.41, 5.74) is 2.46. The fourth-order valence-corrected chi connectivity index (χ4v) is 4.86. The first-order chi connectivity index (χ1) is 10.9. The van der Waals surface area contributed by atoms with Gasteiger partial charge in [-0.1, -0.05) is 35.9 Å². The molecule has 0 fully saturated rings. The lowest BCUT2D eigenvalue weighted by atomic mass is 10.0. The molecule has 2 aromatic carbocycles. The number of para-hydroxylation sites is 1. The first kappa shape index (κ1) is 15.8. The number of hydroxylamine groups is 1. The quantitative estimate of drug-likeness (QED) is 0.656. The van der Waals surface area contributed by atoms with E-state index in [1.807, 2.05) is 0 Å². The van der Waals surface area contributed by atoms with Gasteiger partial charge in [0.25, 0.3) is 10.0 Å². The van der Waals surface area contributed by atoms with Gasteiger partial charge < -0.3 is 0 Å². The average Bonchev–Trinajstić information content (AvgIpc) is 2.75. The second-order valence-corrected chi connectivity index (χ2v) is 7.29. The molecule has 1 unspecified atom stereocenters. The highest BCUT2D eigenvalue weighted by Gasteiger charge is 2.43. The lowest BCUT2D eigenvalue weighted by molar-refractivity contribution is -0.129. The van der Waals surface area contributed by atoms with Gasteiger partial charge in [-0.3, -0.25) is 14.3 Å². The van der Waals surface area contributed by atoms with Crippen molar-refractivity contribution in [2.24, 2.45) is 0 Å². The third-order valence-corrected chi connectivity index (χ3v) is 5.80. The molecular formula is C15H13ClN2O4S. The highest BCUT2D eigenvalue weighted by molar-refractivity contribution is 7.93. The van der Waals surface area contributed by atoms with Crippen LogP contribution in [-0.4, -0.2) is 19.5 Å². The number of halogens is 1. The monoisotopic (exact) mass is 352 g/mol. The number of amides is 1. The number of rotatable bonds is 3. The zero-order chi connectivity index (χ0) is 16.6. The molecule has 0 spiro atoms. The topological polar surface area (TPSA) is 86.7 Å². The van der Waals surface area contributed by atoms with Crippen LogP contribution in [-0.2, 0) is 14.8 Å². The lowest BCUT2D eigenvalue weighted by Gasteiger charge is -2.25. The van der Waals surface area contributed by atoms with Gasteiger partial charge in [-0.05, 0) is 29.8 Å². The van der Waals surface area contributed by atoms with Crippen molar-refractivity contribution in [1.29, 1.82) is 0 Å². The maximum Gasteiger partial charge on any atom is 0.265 e. The molecule has 8 heteroatoms. The Labute approximate surface area is 138 Å². The maximum absolute atomic E-state index is 12.9. The molecule has 1 amide bonds. The smallest absolute Gasteiger partial charge is 0.265 e. The average molecular weight is 353 g/mol. The van der Waals surface area contributed by atoms with E-state index in [0.29, 0.717) is 16.3 Å². The van der Waals surface area contributed by atoms with Gasteiger partial charge in [-0.2, -0.15) is 0 Å². The van der Waals surface area contributed by atoms with E-state index < -0.39 is 22.0 Å². The number of hydrogen-bond acceptors (Lipinski definition) is 4. The molecule has 0 aliphatic carbocycles. The third-order valence-electron chi connectivity index (χ3n) is 3.67. The van der Waals surface area contributed by atoms with E-state index in [1.54, 1.807) is 47.9 Å². The van der Waals surface area contributed by atoms with Crippen LogP contribution in [0.1, 0.15) is 18.0 Å². The highest BCUT2D eigenvalue weighted by atomic mass is 35.5. The maximum atomic E-state index is 12.9. The van der Waals surface area contributed by atoms with E-state index >= 15 is 0 Å². The summed E-state index contributed by atoms with van der Waals surface area (Å²) in [6, 6.07) is 12.3. The molecule has 1 aliphatic heterocycles. The molecule has 0 aromatic heterocycles. The van der Waals surface area contributed by atoms with E-state index in [2.05, 4.69) is 0 Å². The summed E-state index contributed by atoms with van der Waals surface area (Å²) in [6.07, 6.45) is -0.209. The Morgan fingerprint density at radius 3 is 2.57 bits per heavy atom. The van der Waals surface area contributed by atoms with Gasteiger partial charge in [0.2, 0.25) is 5.91 Å². The fourth-order valence-electron chi connectivity index (χ4n) is 2.71. The Kier molecular flexibility index (Phi) is 4.01. The van der Waals surface area contributed by atoms with Crippen molar-refractivity contribution in [1.82, 2.24) is 5.48 Å². The molecule has 1 heterocycles. The summed E-state index contributed by atoms with van der Waals surface area (Å²) < 4.78 is 27.0. The molecule has 0 bridgehead atoms. The number of carbonyl (C=O) groups is 1. The van der Waals surface area contributed by atoms with E-state index in [-0.39, 0.29) is 11.3 Å². The van der Waals surface area contributed by atoms with Crippen LogP contribution in [0.2, 0.25) is 5.02 Å². The Morgan fingerprint density at radius 2 is 1.91 bits per heavy atom. The van der Waals surface area contributed by atoms with Crippen LogP contribution < -0.4 is 9.79 Å². The standard InChI is InChI=1S/C15H13ClN2O4S/c16-10-6-7-12-13(9-15(19)17-20)18(11-4-2-1-3-5-11)23(21,22)14(12)8-10/h1-8,13,20H,9H2,(H,17,19). The molecule has 0 saturated heterocycles. The van der Waals surface area contributed by atoms with Crippen molar-refractivity contribution in [3.63, 3.8) is 0 Å².